The number of esters is 1. The van der Waals surface area contributed by atoms with Gasteiger partial charge in [-0.2, -0.15) is 0 Å². The molecule has 3 heterocycles. The van der Waals surface area contributed by atoms with Crippen molar-refractivity contribution in [2.24, 2.45) is 23.2 Å². The van der Waals surface area contributed by atoms with Gasteiger partial charge in [0.05, 0.1) is 24.2 Å². The van der Waals surface area contributed by atoms with Crippen LogP contribution in [0, 0.1) is 23.2 Å². The second-order valence-corrected chi connectivity index (χ2v) is 10.0. The van der Waals surface area contributed by atoms with E-state index in [4.69, 9.17) is 14.2 Å². The Bertz CT molecular complexity index is 601. The molecule has 0 aromatic rings. The number of ether oxygens (including phenoxy) is 3. The lowest BCUT2D eigenvalue weighted by atomic mass is 9.53. The monoisotopic (exact) mass is 363 g/mol. The molecule has 0 N–H and O–H groups in total. The highest BCUT2D eigenvalue weighted by Gasteiger charge is 2.78. The first kappa shape index (κ1) is 17.4. The zero-order valence-corrected chi connectivity index (χ0v) is 16.6. The fraction of sp³-hybridized carbons (Fsp3) is 0.952. The molecule has 5 nitrogen and oxygen atoms in total. The Morgan fingerprint density at radius 3 is 2.65 bits per heavy atom. The van der Waals surface area contributed by atoms with E-state index in [0.29, 0.717) is 5.92 Å². The van der Waals surface area contributed by atoms with E-state index in [-0.39, 0.29) is 53.2 Å². The standard InChI is InChI=1S/C21H33NO4/c1-12-6-5-7-20(4)8-16-17(18-21(12,20)26-18)15(19(23)25-16)11-22-9-13(2)24-14(3)10-22/h12-18H,5-11H2,1-4H3/t12-,13?,14?,15?,16+,17+,18?,20+,21?/m0/s1. The molecule has 0 bridgehead atoms. The lowest BCUT2D eigenvalue weighted by molar-refractivity contribution is -0.147. The van der Waals surface area contributed by atoms with E-state index in [1.165, 1.54) is 19.3 Å². The molecule has 2 saturated carbocycles. The first-order valence-corrected chi connectivity index (χ1v) is 10.6. The highest BCUT2D eigenvalue weighted by molar-refractivity contribution is 5.76. The Morgan fingerprint density at radius 1 is 1.19 bits per heavy atom. The zero-order valence-electron chi connectivity index (χ0n) is 16.6. The van der Waals surface area contributed by atoms with E-state index in [0.717, 1.165) is 26.1 Å². The van der Waals surface area contributed by atoms with Crippen LogP contribution in [-0.2, 0) is 19.0 Å². The molecule has 5 fully saturated rings. The fourth-order valence-electron chi connectivity index (χ4n) is 7.15. The van der Waals surface area contributed by atoms with Crippen molar-refractivity contribution in [3.63, 3.8) is 0 Å². The predicted octanol–water partition coefficient (Wildman–Crippen LogP) is 2.62. The minimum absolute atomic E-state index is 0.00421. The minimum atomic E-state index is -0.0412. The van der Waals surface area contributed by atoms with E-state index in [1.807, 2.05) is 0 Å². The van der Waals surface area contributed by atoms with Crippen LogP contribution in [0.3, 0.4) is 0 Å². The average Bonchev–Trinajstić information content (AvgIpc) is 3.22. The zero-order chi connectivity index (χ0) is 18.3. The van der Waals surface area contributed by atoms with E-state index < -0.39 is 0 Å². The number of nitrogens with zero attached hydrogens (tertiary/aromatic N) is 1. The molecule has 5 heteroatoms. The van der Waals surface area contributed by atoms with Gasteiger partial charge in [-0.05, 0) is 39.0 Å². The van der Waals surface area contributed by atoms with Crippen LogP contribution in [-0.4, -0.2) is 60.5 Å². The second kappa shape index (κ2) is 5.68. The van der Waals surface area contributed by atoms with Gasteiger partial charge in [-0.1, -0.05) is 20.3 Å². The normalized spacial score (nSPS) is 56.3. The summed E-state index contributed by atoms with van der Waals surface area (Å²) < 4.78 is 18.3. The number of hydrogen-bond donors (Lipinski definition) is 0. The largest absolute Gasteiger partial charge is 0.462 e. The molecule has 5 rings (SSSR count). The number of carbonyl (C=O) groups is 1. The van der Waals surface area contributed by atoms with Crippen LogP contribution < -0.4 is 0 Å². The maximum atomic E-state index is 12.8. The Hall–Kier alpha value is -0.650. The van der Waals surface area contributed by atoms with Crippen LogP contribution in [0.1, 0.15) is 53.4 Å². The molecule has 1 spiro atoms. The van der Waals surface area contributed by atoms with E-state index >= 15 is 0 Å². The number of carbonyl (C=O) groups excluding carboxylic acids is 1. The summed E-state index contributed by atoms with van der Waals surface area (Å²) in [6.45, 7) is 11.6. The van der Waals surface area contributed by atoms with Gasteiger partial charge in [0.2, 0.25) is 0 Å². The summed E-state index contributed by atoms with van der Waals surface area (Å²) in [5, 5.41) is 0. The molecule has 9 atom stereocenters. The van der Waals surface area contributed by atoms with Gasteiger partial charge in [-0.3, -0.25) is 9.69 Å². The number of morpholine rings is 1. The first-order valence-electron chi connectivity index (χ1n) is 10.6. The van der Waals surface area contributed by atoms with Crippen molar-refractivity contribution in [3.05, 3.63) is 0 Å². The topological polar surface area (TPSA) is 51.3 Å². The van der Waals surface area contributed by atoms with Crippen LogP contribution in [0.4, 0.5) is 0 Å². The summed E-state index contributed by atoms with van der Waals surface area (Å²) in [6, 6.07) is 0. The first-order chi connectivity index (χ1) is 12.3. The smallest absolute Gasteiger partial charge is 0.311 e. The molecule has 3 saturated heterocycles. The number of rotatable bonds is 2. The summed E-state index contributed by atoms with van der Waals surface area (Å²) in [7, 11) is 0. The third kappa shape index (κ3) is 2.29. The summed E-state index contributed by atoms with van der Waals surface area (Å²) in [5.74, 6) is 0.796. The van der Waals surface area contributed by atoms with Gasteiger partial charge >= 0.3 is 5.97 Å². The van der Waals surface area contributed by atoms with E-state index in [9.17, 15) is 4.79 Å². The van der Waals surface area contributed by atoms with Crippen molar-refractivity contribution in [2.45, 2.75) is 83.4 Å². The SMILES string of the molecule is CC1CN(CC2C(=O)O[C@@H]3C[C@@]4(C)CCC[C@H](C)C45OC5[C@H]23)CC(C)O1. The van der Waals surface area contributed by atoms with Crippen molar-refractivity contribution in [1.29, 1.82) is 0 Å². The van der Waals surface area contributed by atoms with Crippen molar-refractivity contribution < 1.29 is 19.0 Å². The number of fused-ring (bicyclic) bond motifs is 2. The summed E-state index contributed by atoms with van der Waals surface area (Å²) in [5.41, 5.74) is 0.178. The molecule has 26 heavy (non-hydrogen) atoms. The molecule has 0 aromatic heterocycles. The van der Waals surface area contributed by atoms with Gasteiger partial charge in [-0.25, -0.2) is 0 Å². The molecule has 146 valence electrons. The van der Waals surface area contributed by atoms with Gasteiger partial charge < -0.3 is 14.2 Å². The highest BCUT2D eigenvalue weighted by atomic mass is 16.6. The number of epoxide rings is 1. The molecular formula is C21H33NO4. The Kier molecular flexibility index (Phi) is 3.81. The number of hydrogen-bond acceptors (Lipinski definition) is 5. The molecule has 5 unspecified atom stereocenters. The van der Waals surface area contributed by atoms with Gasteiger partial charge in [0.15, 0.2) is 0 Å². The predicted molar refractivity (Wildman–Crippen MR) is 96.7 cm³/mol. The van der Waals surface area contributed by atoms with Crippen LogP contribution in [0.5, 0.6) is 0 Å². The summed E-state index contributed by atoms with van der Waals surface area (Å²) in [4.78, 5) is 15.2. The van der Waals surface area contributed by atoms with Crippen LogP contribution >= 0.6 is 0 Å². The van der Waals surface area contributed by atoms with Crippen LogP contribution in [0.2, 0.25) is 0 Å². The maximum Gasteiger partial charge on any atom is 0.311 e. The third-order valence-corrected chi connectivity index (χ3v) is 8.14. The molecular weight excluding hydrogens is 330 g/mol. The molecule has 0 aromatic carbocycles. The van der Waals surface area contributed by atoms with Crippen molar-refractivity contribution in [1.82, 2.24) is 4.90 Å². The van der Waals surface area contributed by atoms with Gasteiger partial charge in [0.25, 0.3) is 0 Å². The second-order valence-electron chi connectivity index (χ2n) is 10.0. The van der Waals surface area contributed by atoms with Crippen LogP contribution in [0.15, 0.2) is 0 Å². The third-order valence-electron chi connectivity index (χ3n) is 8.14. The molecule has 0 radical (unpaired) electrons. The highest BCUT2D eigenvalue weighted by Crippen LogP contribution is 2.70. The van der Waals surface area contributed by atoms with Gasteiger partial charge in [0.1, 0.15) is 11.7 Å². The molecule has 2 aliphatic carbocycles. The van der Waals surface area contributed by atoms with Crippen LogP contribution in [0.25, 0.3) is 0 Å². The minimum Gasteiger partial charge on any atom is -0.462 e. The summed E-state index contributed by atoms with van der Waals surface area (Å²) in [6.07, 6.45) is 5.43. The quantitative estimate of drug-likeness (QED) is 0.558. The molecule has 5 aliphatic rings. The maximum absolute atomic E-state index is 12.8. The van der Waals surface area contributed by atoms with E-state index in [2.05, 4.69) is 32.6 Å². The molecule has 0 amide bonds. The van der Waals surface area contributed by atoms with Gasteiger partial charge in [-0.15, -0.1) is 0 Å². The van der Waals surface area contributed by atoms with E-state index in [1.54, 1.807) is 0 Å². The summed E-state index contributed by atoms with van der Waals surface area (Å²) >= 11 is 0. The average molecular weight is 363 g/mol. The van der Waals surface area contributed by atoms with Gasteiger partial charge in [0, 0.05) is 31.0 Å². The Morgan fingerprint density at radius 2 is 1.92 bits per heavy atom. The van der Waals surface area contributed by atoms with Crippen molar-refractivity contribution >= 4 is 5.97 Å². The lowest BCUT2D eigenvalue weighted by Crippen LogP contribution is -2.55. The van der Waals surface area contributed by atoms with Crippen molar-refractivity contribution in [3.8, 4) is 0 Å². The van der Waals surface area contributed by atoms with Crippen molar-refractivity contribution in [2.75, 3.05) is 19.6 Å². The fourth-order valence-corrected chi connectivity index (χ4v) is 7.15. The lowest BCUT2D eigenvalue weighted by Gasteiger charge is -2.49. The molecule has 3 aliphatic heterocycles. The Balaban J connectivity index is 1.38. The Labute approximate surface area is 156 Å².